The van der Waals surface area contributed by atoms with E-state index in [-0.39, 0.29) is 11.9 Å². The van der Waals surface area contributed by atoms with Gasteiger partial charge in [0.1, 0.15) is 5.75 Å². The van der Waals surface area contributed by atoms with E-state index in [1.54, 1.807) is 11.8 Å². The van der Waals surface area contributed by atoms with Crippen molar-refractivity contribution < 1.29 is 9.53 Å². The molecule has 2 atom stereocenters. The topological polar surface area (TPSA) is 58.8 Å². The minimum absolute atomic E-state index is 0.00109. The second kappa shape index (κ2) is 5.81. The third-order valence-corrected chi connectivity index (χ3v) is 3.49. The van der Waals surface area contributed by atoms with Gasteiger partial charge in [-0.1, -0.05) is 6.07 Å². The fraction of sp³-hybridized carbons (Fsp3) is 0.533. The molecule has 5 nitrogen and oxygen atoms in total. The molecule has 0 aromatic heterocycles. The van der Waals surface area contributed by atoms with Crippen molar-refractivity contribution in [2.45, 2.75) is 26.0 Å². The van der Waals surface area contributed by atoms with Crippen molar-refractivity contribution in [2.75, 3.05) is 32.1 Å². The minimum atomic E-state index is -0.439. The van der Waals surface area contributed by atoms with Crippen LogP contribution in [-0.2, 0) is 4.79 Å². The lowest BCUT2D eigenvalue weighted by Crippen LogP contribution is -2.47. The fourth-order valence-corrected chi connectivity index (χ4v) is 2.24. The Balaban J connectivity index is 2.35. The number of benzene rings is 1. The van der Waals surface area contributed by atoms with Gasteiger partial charge in [0, 0.05) is 19.1 Å². The molecule has 2 unspecified atom stereocenters. The van der Waals surface area contributed by atoms with Crippen LogP contribution in [-0.4, -0.2) is 44.1 Å². The molecule has 20 heavy (non-hydrogen) atoms. The van der Waals surface area contributed by atoms with Crippen molar-refractivity contribution in [2.24, 2.45) is 5.73 Å². The first-order valence-electron chi connectivity index (χ1n) is 6.92. The van der Waals surface area contributed by atoms with E-state index in [4.69, 9.17) is 10.5 Å². The summed E-state index contributed by atoms with van der Waals surface area (Å²) in [5.41, 5.74) is 7.75. The Bertz CT molecular complexity index is 500. The lowest BCUT2D eigenvalue weighted by atomic mass is 10.1. The molecule has 1 aliphatic heterocycles. The van der Waals surface area contributed by atoms with E-state index in [0.717, 1.165) is 23.5 Å². The van der Waals surface area contributed by atoms with Crippen LogP contribution in [0.4, 0.5) is 5.69 Å². The van der Waals surface area contributed by atoms with Gasteiger partial charge in [0.25, 0.3) is 5.91 Å². The number of rotatable bonds is 4. The van der Waals surface area contributed by atoms with E-state index >= 15 is 0 Å². The summed E-state index contributed by atoms with van der Waals surface area (Å²) in [5.74, 6) is 0.751. The maximum absolute atomic E-state index is 12.3. The summed E-state index contributed by atoms with van der Waals surface area (Å²) < 4.78 is 5.67. The van der Waals surface area contributed by atoms with Gasteiger partial charge < -0.3 is 20.3 Å². The van der Waals surface area contributed by atoms with Gasteiger partial charge in [0.05, 0.1) is 5.69 Å². The molecular weight excluding hydrogens is 254 g/mol. The highest BCUT2D eigenvalue weighted by atomic mass is 16.5. The van der Waals surface area contributed by atoms with Gasteiger partial charge in [-0.05, 0) is 45.6 Å². The van der Waals surface area contributed by atoms with Crippen molar-refractivity contribution in [3.8, 4) is 5.75 Å². The van der Waals surface area contributed by atoms with Gasteiger partial charge in [0.2, 0.25) is 0 Å². The Morgan fingerprint density at radius 2 is 2.15 bits per heavy atom. The zero-order valence-corrected chi connectivity index (χ0v) is 12.6. The molecule has 1 heterocycles. The molecule has 1 aromatic rings. The normalized spacial score (nSPS) is 19.8. The predicted molar refractivity (Wildman–Crippen MR) is 80.0 cm³/mol. The summed E-state index contributed by atoms with van der Waals surface area (Å²) in [7, 11) is 3.99. The van der Waals surface area contributed by atoms with E-state index in [9.17, 15) is 4.79 Å². The largest absolute Gasteiger partial charge is 0.479 e. The molecule has 0 spiro atoms. The van der Waals surface area contributed by atoms with E-state index in [2.05, 4.69) is 4.90 Å². The third kappa shape index (κ3) is 2.94. The second-order valence-electron chi connectivity index (χ2n) is 5.57. The van der Waals surface area contributed by atoms with Gasteiger partial charge in [0.15, 0.2) is 6.10 Å². The first kappa shape index (κ1) is 14.8. The van der Waals surface area contributed by atoms with E-state index in [1.807, 2.05) is 39.2 Å². The lowest BCUT2D eigenvalue weighted by molar-refractivity contribution is -0.125. The molecule has 2 rings (SSSR count). The minimum Gasteiger partial charge on any atom is -0.479 e. The van der Waals surface area contributed by atoms with Crippen molar-refractivity contribution >= 4 is 11.6 Å². The van der Waals surface area contributed by atoms with Crippen molar-refractivity contribution in [3.05, 3.63) is 23.8 Å². The highest BCUT2D eigenvalue weighted by Crippen LogP contribution is 2.35. The number of amides is 1. The maximum Gasteiger partial charge on any atom is 0.267 e. The molecular formula is C15H23N3O2. The highest BCUT2D eigenvalue weighted by molar-refractivity contribution is 5.99. The molecule has 0 fully saturated rings. The summed E-state index contributed by atoms with van der Waals surface area (Å²) in [6, 6.07) is 5.75. The number of fused-ring (bicyclic) bond motifs is 1. The number of nitrogens with two attached hydrogens (primary N) is 1. The summed E-state index contributed by atoms with van der Waals surface area (Å²) in [5, 5.41) is 0. The molecule has 0 saturated carbocycles. The zero-order chi connectivity index (χ0) is 14.9. The SMILES string of the molecule is CC1Oc2ccc(C(C)N)cc2N(CCN(C)C)C1=O. The molecule has 0 radical (unpaired) electrons. The number of carbonyl (C=O) groups is 1. The molecule has 1 aliphatic rings. The maximum atomic E-state index is 12.3. The van der Waals surface area contributed by atoms with Crippen LogP contribution in [0.25, 0.3) is 0 Å². The van der Waals surface area contributed by atoms with Crippen molar-refractivity contribution in [1.29, 1.82) is 0 Å². The zero-order valence-electron chi connectivity index (χ0n) is 12.6. The number of likely N-dealkylation sites (N-methyl/N-ethyl adjacent to an activating group) is 1. The quantitative estimate of drug-likeness (QED) is 0.903. The summed E-state index contributed by atoms with van der Waals surface area (Å²) >= 11 is 0. The van der Waals surface area contributed by atoms with Crippen LogP contribution in [0.1, 0.15) is 25.5 Å². The molecule has 5 heteroatoms. The first-order chi connectivity index (χ1) is 9.40. The number of anilines is 1. The molecule has 0 saturated heterocycles. The summed E-state index contributed by atoms with van der Waals surface area (Å²) in [4.78, 5) is 16.2. The molecule has 0 bridgehead atoms. The van der Waals surface area contributed by atoms with Crippen molar-refractivity contribution in [3.63, 3.8) is 0 Å². The van der Waals surface area contributed by atoms with E-state index in [0.29, 0.717) is 6.54 Å². The third-order valence-electron chi connectivity index (χ3n) is 3.49. The number of nitrogens with zero attached hydrogens (tertiary/aromatic N) is 2. The Labute approximate surface area is 120 Å². The molecule has 1 amide bonds. The lowest BCUT2D eigenvalue weighted by Gasteiger charge is -2.34. The number of hydrogen-bond acceptors (Lipinski definition) is 4. The molecule has 1 aromatic carbocycles. The second-order valence-corrected chi connectivity index (χ2v) is 5.57. The van der Waals surface area contributed by atoms with Crippen LogP contribution in [0, 0.1) is 0 Å². The Morgan fingerprint density at radius 3 is 2.75 bits per heavy atom. The van der Waals surface area contributed by atoms with Gasteiger partial charge in [-0.3, -0.25) is 4.79 Å². The van der Waals surface area contributed by atoms with Gasteiger partial charge >= 0.3 is 0 Å². The smallest absolute Gasteiger partial charge is 0.267 e. The van der Waals surface area contributed by atoms with Crippen LogP contribution in [0.3, 0.4) is 0 Å². The van der Waals surface area contributed by atoms with E-state index < -0.39 is 6.10 Å². The Kier molecular flexibility index (Phi) is 4.30. The van der Waals surface area contributed by atoms with Crippen molar-refractivity contribution in [1.82, 2.24) is 4.90 Å². The standard InChI is InChI=1S/C15H23N3O2/c1-10(16)12-5-6-14-13(9-12)18(8-7-17(3)4)15(19)11(2)20-14/h5-6,9-11H,7-8,16H2,1-4H3. The Hall–Kier alpha value is -1.59. The average molecular weight is 277 g/mol. The molecule has 0 aliphatic carbocycles. The number of carbonyl (C=O) groups excluding carboxylic acids is 1. The first-order valence-corrected chi connectivity index (χ1v) is 6.92. The number of hydrogen-bond donors (Lipinski definition) is 1. The Morgan fingerprint density at radius 1 is 1.45 bits per heavy atom. The number of ether oxygens (including phenoxy) is 1. The summed E-state index contributed by atoms with van der Waals surface area (Å²) in [6.07, 6.45) is -0.439. The highest BCUT2D eigenvalue weighted by Gasteiger charge is 2.31. The van der Waals surface area contributed by atoms with Crippen LogP contribution in [0.15, 0.2) is 18.2 Å². The van der Waals surface area contributed by atoms with Gasteiger partial charge in [-0.15, -0.1) is 0 Å². The fourth-order valence-electron chi connectivity index (χ4n) is 2.24. The van der Waals surface area contributed by atoms with Gasteiger partial charge in [-0.25, -0.2) is 0 Å². The molecule has 2 N–H and O–H groups in total. The van der Waals surface area contributed by atoms with Crippen LogP contribution in [0.2, 0.25) is 0 Å². The predicted octanol–water partition coefficient (Wildman–Crippen LogP) is 1.38. The van der Waals surface area contributed by atoms with Gasteiger partial charge in [-0.2, -0.15) is 0 Å². The van der Waals surface area contributed by atoms with Crippen LogP contribution >= 0.6 is 0 Å². The average Bonchev–Trinajstić information content (AvgIpc) is 2.38. The van der Waals surface area contributed by atoms with Crippen LogP contribution < -0.4 is 15.4 Å². The molecule has 110 valence electrons. The monoisotopic (exact) mass is 277 g/mol. The van der Waals surface area contributed by atoms with E-state index in [1.165, 1.54) is 0 Å². The summed E-state index contributed by atoms with van der Waals surface area (Å²) in [6.45, 7) is 5.17. The van der Waals surface area contributed by atoms with Crippen LogP contribution in [0.5, 0.6) is 5.75 Å².